The van der Waals surface area contributed by atoms with E-state index in [4.69, 9.17) is 5.73 Å². The van der Waals surface area contributed by atoms with Crippen molar-refractivity contribution in [2.24, 2.45) is 5.73 Å². The van der Waals surface area contributed by atoms with Crippen LogP contribution in [0, 0.1) is 0 Å². The summed E-state index contributed by atoms with van der Waals surface area (Å²) in [5.41, 5.74) is 5.50. The number of carbonyl (C=O) groups is 1. The predicted molar refractivity (Wildman–Crippen MR) is 77.0 cm³/mol. The van der Waals surface area contributed by atoms with Gasteiger partial charge in [-0.25, -0.2) is 17.9 Å². The van der Waals surface area contributed by atoms with Gasteiger partial charge in [-0.15, -0.1) is 12.4 Å². The van der Waals surface area contributed by atoms with E-state index in [2.05, 4.69) is 25.4 Å². The number of esters is 1. The van der Waals surface area contributed by atoms with E-state index in [1.54, 1.807) is 0 Å². The Kier molecular flexibility index (Phi) is 7.53. The highest BCUT2D eigenvalue weighted by Gasteiger charge is 2.18. The summed E-state index contributed by atoms with van der Waals surface area (Å²) in [5, 5.41) is 0. The van der Waals surface area contributed by atoms with Crippen LogP contribution in [0.3, 0.4) is 0 Å². The molecular formula is C10H14BrClN2O4S. The molecule has 1 aromatic carbocycles. The topological polar surface area (TPSA) is 98.5 Å². The predicted octanol–water partition coefficient (Wildman–Crippen LogP) is 0.894. The van der Waals surface area contributed by atoms with Crippen molar-refractivity contribution in [2.45, 2.75) is 4.90 Å². The van der Waals surface area contributed by atoms with Crippen LogP contribution < -0.4 is 10.5 Å². The summed E-state index contributed by atoms with van der Waals surface area (Å²) in [5.74, 6) is -0.533. The third-order valence-electron chi connectivity index (χ3n) is 2.08. The van der Waals surface area contributed by atoms with Gasteiger partial charge < -0.3 is 10.5 Å². The fourth-order valence-corrected chi connectivity index (χ4v) is 3.36. The number of nitrogens with two attached hydrogens (primary N) is 1. The first kappa shape index (κ1) is 18.3. The van der Waals surface area contributed by atoms with Crippen LogP contribution in [0.25, 0.3) is 0 Å². The van der Waals surface area contributed by atoms with Gasteiger partial charge in [-0.05, 0) is 34.1 Å². The van der Waals surface area contributed by atoms with E-state index >= 15 is 0 Å². The lowest BCUT2D eigenvalue weighted by molar-refractivity contribution is 0.0600. The highest BCUT2D eigenvalue weighted by molar-refractivity contribution is 9.10. The van der Waals surface area contributed by atoms with Crippen LogP contribution in [-0.4, -0.2) is 34.6 Å². The van der Waals surface area contributed by atoms with Gasteiger partial charge in [0.1, 0.15) is 0 Å². The normalized spacial score (nSPS) is 10.7. The fraction of sp³-hybridized carbons (Fsp3) is 0.300. The van der Waals surface area contributed by atoms with Gasteiger partial charge in [-0.2, -0.15) is 0 Å². The Morgan fingerprint density at radius 2 is 2.11 bits per heavy atom. The maximum Gasteiger partial charge on any atom is 0.337 e. The molecule has 0 bridgehead atoms. The van der Waals surface area contributed by atoms with Crippen LogP contribution in [0.2, 0.25) is 0 Å². The Hall–Kier alpha value is -0.670. The molecule has 0 saturated heterocycles. The molecule has 108 valence electrons. The molecule has 0 spiro atoms. The van der Waals surface area contributed by atoms with Crippen molar-refractivity contribution >= 4 is 44.3 Å². The van der Waals surface area contributed by atoms with Gasteiger partial charge in [0.05, 0.1) is 17.6 Å². The van der Waals surface area contributed by atoms with E-state index in [-0.39, 0.29) is 40.4 Å². The molecule has 0 aliphatic rings. The fourth-order valence-electron chi connectivity index (χ4n) is 1.23. The quantitative estimate of drug-likeness (QED) is 0.747. The molecule has 0 aliphatic heterocycles. The second-order valence-electron chi connectivity index (χ2n) is 3.32. The van der Waals surface area contributed by atoms with Crippen molar-refractivity contribution < 1.29 is 17.9 Å². The molecule has 0 saturated carbocycles. The number of hydrogen-bond acceptors (Lipinski definition) is 5. The van der Waals surface area contributed by atoms with Crippen LogP contribution in [-0.2, 0) is 14.8 Å². The molecule has 6 nitrogen and oxygen atoms in total. The second kappa shape index (κ2) is 7.81. The molecule has 9 heteroatoms. The van der Waals surface area contributed by atoms with Crippen molar-refractivity contribution in [3.8, 4) is 0 Å². The Balaban J connectivity index is 0.00000324. The van der Waals surface area contributed by atoms with Crippen molar-refractivity contribution in [1.82, 2.24) is 4.72 Å². The first-order valence-corrected chi connectivity index (χ1v) is 7.27. The van der Waals surface area contributed by atoms with Crippen molar-refractivity contribution in [3.05, 3.63) is 28.2 Å². The Labute approximate surface area is 126 Å². The van der Waals surface area contributed by atoms with Crippen LogP contribution >= 0.6 is 28.3 Å². The summed E-state index contributed by atoms with van der Waals surface area (Å²) >= 11 is 3.11. The number of methoxy groups -OCH3 is 1. The third-order valence-corrected chi connectivity index (χ3v) is 4.52. The van der Waals surface area contributed by atoms with E-state index in [9.17, 15) is 13.2 Å². The van der Waals surface area contributed by atoms with Gasteiger partial charge in [0.2, 0.25) is 10.0 Å². The standard InChI is InChI=1S/C10H13BrN2O4S.ClH/c1-17-10(14)7-2-3-9(8(11)6-7)18(15,16)13-5-4-12;/h2-3,6,13H,4-5,12H2,1H3;1H. The lowest BCUT2D eigenvalue weighted by Crippen LogP contribution is -2.29. The molecule has 0 unspecified atom stereocenters. The Morgan fingerprint density at radius 1 is 1.47 bits per heavy atom. The van der Waals surface area contributed by atoms with E-state index in [1.165, 1.54) is 25.3 Å². The molecule has 0 heterocycles. The minimum absolute atomic E-state index is 0. The number of carbonyl (C=O) groups excluding carboxylic acids is 1. The largest absolute Gasteiger partial charge is 0.465 e. The summed E-state index contributed by atoms with van der Waals surface area (Å²) < 4.78 is 30.9. The van der Waals surface area contributed by atoms with Gasteiger partial charge in [0, 0.05) is 17.6 Å². The van der Waals surface area contributed by atoms with Gasteiger partial charge in [-0.3, -0.25) is 0 Å². The molecule has 3 N–H and O–H groups in total. The lowest BCUT2D eigenvalue weighted by Gasteiger charge is -2.08. The van der Waals surface area contributed by atoms with E-state index in [1.807, 2.05) is 0 Å². The molecule has 19 heavy (non-hydrogen) atoms. The smallest absolute Gasteiger partial charge is 0.337 e. The maximum atomic E-state index is 11.8. The summed E-state index contributed by atoms with van der Waals surface area (Å²) in [6.45, 7) is 0.352. The van der Waals surface area contributed by atoms with Gasteiger partial charge in [-0.1, -0.05) is 0 Å². The van der Waals surface area contributed by atoms with Crippen LogP contribution in [0.5, 0.6) is 0 Å². The number of ether oxygens (including phenoxy) is 1. The molecule has 1 rings (SSSR count). The molecule has 0 radical (unpaired) electrons. The minimum atomic E-state index is -3.63. The average molecular weight is 374 g/mol. The van der Waals surface area contributed by atoms with Crippen LogP contribution in [0.15, 0.2) is 27.6 Å². The van der Waals surface area contributed by atoms with E-state index in [0.29, 0.717) is 0 Å². The molecule has 1 aromatic rings. The molecule has 0 amide bonds. The van der Waals surface area contributed by atoms with E-state index < -0.39 is 16.0 Å². The number of benzene rings is 1. The average Bonchev–Trinajstić information content (AvgIpc) is 2.35. The molecule has 0 atom stereocenters. The van der Waals surface area contributed by atoms with Crippen LogP contribution in [0.4, 0.5) is 0 Å². The first-order valence-electron chi connectivity index (χ1n) is 5.00. The zero-order valence-electron chi connectivity index (χ0n) is 10.1. The summed E-state index contributed by atoms with van der Waals surface area (Å²) in [4.78, 5) is 11.3. The van der Waals surface area contributed by atoms with Crippen molar-refractivity contribution in [1.29, 1.82) is 0 Å². The Bertz CT molecular complexity index is 550. The van der Waals surface area contributed by atoms with E-state index in [0.717, 1.165) is 0 Å². The molecule has 0 aromatic heterocycles. The first-order chi connectivity index (χ1) is 8.42. The number of nitrogens with one attached hydrogen (secondary N) is 1. The van der Waals surface area contributed by atoms with Gasteiger partial charge >= 0.3 is 5.97 Å². The Morgan fingerprint density at radius 3 is 2.58 bits per heavy atom. The number of halogens is 2. The SMILES string of the molecule is COC(=O)c1ccc(S(=O)(=O)NCCN)c(Br)c1.Cl. The monoisotopic (exact) mass is 372 g/mol. The summed E-state index contributed by atoms with van der Waals surface area (Å²) in [6, 6.07) is 4.10. The lowest BCUT2D eigenvalue weighted by atomic mass is 10.2. The highest BCUT2D eigenvalue weighted by atomic mass is 79.9. The highest BCUT2D eigenvalue weighted by Crippen LogP contribution is 2.23. The summed E-state index contributed by atoms with van der Waals surface area (Å²) in [7, 11) is -2.38. The molecule has 0 fully saturated rings. The number of sulfonamides is 1. The van der Waals surface area contributed by atoms with Crippen molar-refractivity contribution in [2.75, 3.05) is 20.2 Å². The number of hydrogen-bond donors (Lipinski definition) is 2. The summed E-state index contributed by atoms with van der Waals surface area (Å²) in [6.07, 6.45) is 0. The molecule has 0 aliphatic carbocycles. The van der Waals surface area contributed by atoms with Crippen LogP contribution in [0.1, 0.15) is 10.4 Å². The molecular weight excluding hydrogens is 360 g/mol. The second-order valence-corrected chi connectivity index (χ2v) is 5.91. The van der Waals surface area contributed by atoms with Gasteiger partial charge in [0.25, 0.3) is 0 Å². The van der Waals surface area contributed by atoms with Gasteiger partial charge in [0.15, 0.2) is 0 Å². The minimum Gasteiger partial charge on any atom is -0.465 e. The maximum absolute atomic E-state index is 11.8. The van der Waals surface area contributed by atoms with Crippen molar-refractivity contribution in [3.63, 3.8) is 0 Å². The zero-order chi connectivity index (χ0) is 13.8. The number of rotatable bonds is 5. The third kappa shape index (κ3) is 4.73. The zero-order valence-corrected chi connectivity index (χ0v) is 13.3.